The first-order valence-corrected chi connectivity index (χ1v) is 9.27. The number of benzene rings is 1. The van der Waals surface area contributed by atoms with Crippen molar-refractivity contribution >= 4 is 39.5 Å². The molecule has 2 rings (SSSR count). The molecule has 1 aromatic carbocycles. The van der Waals surface area contributed by atoms with E-state index in [2.05, 4.69) is 26.6 Å². The fourth-order valence-corrected chi connectivity index (χ4v) is 2.78. The monoisotopic (exact) mass is 448 g/mol. The lowest BCUT2D eigenvalue weighted by Crippen LogP contribution is -2.37. The van der Waals surface area contributed by atoms with Crippen molar-refractivity contribution in [1.82, 2.24) is 14.5 Å². The van der Waals surface area contributed by atoms with Crippen LogP contribution in [0.4, 0.5) is 5.69 Å². The molecule has 8 nitrogen and oxygen atoms in total. The minimum absolute atomic E-state index is 0.104. The SMILES string of the molecule is Cc1ccc(Br)cc1NC(=O)CCNC(=O)/C=C/c1cn(C)c(=O)n(C)c1=O. The molecule has 0 aliphatic rings. The Hall–Kier alpha value is -2.94. The smallest absolute Gasteiger partial charge is 0.330 e. The Bertz CT molecular complexity index is 1050. The van der Waals surface area contributed by atoms with Crippen LogP contribution in [0.3, 0.4) is 0 Å². The highest BCUT2D eigenvalue weighted by Crippen LogP contribution is 2.20. The molecule has 9 heteroatoms. The van der Waals surface area contributed by atoms with Gasteiger partial charge in [-0.25, -0.2) is 4.79 Å². The summed E-state index contributed by atoms with van der Waals surface area (Å²) in [5.74, 6) is -0.667. The average Bonchev–Trinajstić information content (AvgIpc) is 2.64. The summed E-state index contributed by atoms with van der Waals surface area (Å²) < 4.78 is 3.08. The number of halogens is 1. The average molecular weight is 449 g/mol. The van der Waals surface area contributed by atoms with Gasteiger partial charge in [-0.05, 0) is 30.7 Å². The number of aryl methyl sites for hydroxylation is 2. The van der Waals surface area contributed by atoms with Gasteiger partial charge in [0.1, 0.15) is 0 Å². The van der Waals surface area contributed by atoms with Gasteiger partial charge >= 0.3 is 5.69 Å². The summed E-state index contributed by atoms with van der Waals surface area (Å²) in [5.41, 5.74) is 0.912. The third kappa shape index (κ3) is 5.53. The van der Waals surface area contributed by atoms with Crippen molar-refractivity contribution in [1.29, 1.82) is 0 Å². The van der Waals surface area contributed by atoms with Gasteiger partial charge in [0.15, 0.2) is 0 Å². The maximum atomic E-state index is 12.0. The maximum absolute atomic E-state index is 12.0. The highest BCUT2D eigenvalue weighted by atomic mass is 79.9. The number of amides is 2. The van der Waals surface area contributed by atoms with Crippen LogP contribution in [-0.2, 0) is 23.7 Å². The summed E-state index contributed by atoms with van der Waals surface area (Å²) in [6, 6.07) is 5.58. The van der Waals surface area contributed by atoms with Crippen molar-refractivity contribution in [3.63, 3.8) is 0 Å². The van der Waals surface area contributed by atoms with Gasteiger partial charge in [-0.1, -0.05) is 22.0 Å². The predicted octanol–water partition coefficient (Wildman–Crippen LogP) is 1.31. The number of rotatable bonds is 6. The predicted molar refractivity (Wildman–Crippen MR) is 111 cm³/mol. The summed E-state index contributed by atoms with van der Waals surface area (Å²) >= 11 is 3.35. The van der Waals surface area contributed by atoms with Crippen LogP contribution in [0.2, 0.25) is 0 Å². The van der Waals surface area contributed by atoms with Crippen molar-refractivity contribution in [3.8, 4) is 0 Å². The van der Waals surface area contributed by atoms with E-state index in [1.165, 1.54) is 37.0 Å². The third-order valence-corrected chi connectivity index (χ3v) is 4.51. The van der Waals surface area contributed by atoms with E-state index in [-0.39, 0.29) is 24.4 Å². The molecular formula is C19H21BrN4O4. The molecule has 148 valence electrons. The standard InChI is InChI=1S/C19H21BrN4O4/c1-12-4-6-14(20)10-15(12)22-17(26)8-9-21-16(25)7-5-13-11-23(2)19(28)24(3)18(13)27/h4-7,10-11H,8-9H2,1-3H3,(H,21,25)(H,22,26)/b7-5+. The van der Waals surface area contributed by atoms with Crippen LogP contribution in [0.25, 0.3) is 6.08 Å². The molecule has 0 fully saturated rings. The van der Waals surface area contributed by atoms with Crippen LogP contribution in [0.15, 0.2) is 44.5 Å². The van der Waals surface area contributed by atoms with Gasteiger partial charge in [-0.3, -0.25) is 19.0 Å². The molecular weight excluding hydrogens is 428 g/mol. The molecule has 0 aliphatic heterocycles. The summed E-state index contributed by atoms with van der Waals surface area (Å²) in [5, 5.41) is 5.38. The first kappa shape index (κ1) is 21.4. The third-order valence-electron chi connectivity index (χ3n) is 4.01. The summed E-state index contributed by atoms with van der Waals surface area (Å²) in [6.07, 6.45) is 3.99. The van der Waals surface area contributed by atoms with Crippen LogP contribution in [-0.4, -0.2) is 27.5 Å². The zero-order chi connectivity index (χ0) is 20.8. The Balaban J connectivity index is 1.88. The Morgan fingerprint density at radius 3 is 2.64 bits per heavy atom. The molecule has 2 N–H and O–H groups in total. The van der Waals surface area contributed by atoms with Gasteiger partial charge < -0.3 is 15.2 Å². The first-order chi connectivity index (χ1) is 13.2. The van der Waals surface area contributed by atoms with Crippen LogP contribution < -0.4 is 21.9 Å². The zero-order valence-electron chi connectivity index (χ0n) is 15.8. The number of hydrogen-bond donors (Lipinski definition) is 2. The van der Waals surface area contributed by atoms with Crippen LogP contribution >= 0.6 is 15.9 Å². The molecule has 28 heavy (non-hydrogen) atoms. The van der Waals surface area contributed by atoms with Crippen molar-refractivity contribution in [2.24, 2.45) is 14.1 Å². The quantitative estimate of drug-likeness (QED) is 0.650. The lowest BCUT2D eigenvalue weighted by atomic mass is 10.2. The normalized spacial score (nSPS) is 10.9. The van der Waals surface area contributed by atoms with E-state index in [0.29, 0.717) is 5.69 Å². The van der Waals surface area contributed by atoms with Crippen LogP contribution in [0.5, 0.6) is 0 Å². The van der Waals surface area contributed by atoms with Crippen molar-refractivity contribution in [2.45, 2.75) is 13.3 Å². The van der Waals surface area contributed by atoms with Gasteiger partial charge in [0.2, 0.25) is 11.8 Å². The molecule has 2 aromatic rings. The lowest BCUT2D eigenvalue weighted by Gasteiger charge is -2.09. The highest BCUT2D eigenvalue weighted by molar-refractivity contribution is 9.10. The minimum atomic E-state index is -0.490. The van der Waals surface area contributed by atoms with E-state index < -0.39 is 17.2 Å². The number of anilines is 1. The fourth-order valence-electron chi connectivity index (χ4n) is 2.42. The molecule has 0 spiro atoms. The molecule has 0 radical (unpaired) electrons. The largest absolute Gasteiger partial charge is 0.352 e. The van der Waals surface area contributed by atoms with E-state index in [9.17, 15) is 19.2 Å². The fraction of sp³-hybridized carbons (Fsp3) is 0.263. The number of nitrogens with one attached hydrogen (secondary N) is 2. The van der Waals surface area contributed by atoms with Gasteiger partial charge in [0.05, 0.1) is 5.56 Å². The second-order valence-electron chi connectivity index (χ2n) is 6.22. The second-order valence-corrected chi connectivity index (χ2v) is 7.14. The van der Waals surface area contributed by atoms with E-state index in [0.717, 1.165) is 14.6 Å². The summed E-state index contributed by atoms with van der Waals surface area (Å²) in [4.78, 5) is 47.5. The number of carbonyl (C=O) groups is 2. The van der Waals surface area contributed by atoms with Gasteiger partial charge in [-0.15, -0.1) is 0 Å². The summed E-state index contributed by atoms with van der Waals surface area (Å²) in [6.45, 7) is 2.03. The van der Waals surface area contributed by atoms with Crippen LogP contribution in [0, 0.1) is 6.92 Å². The molecule has 0 atom stereocenters. The molecule has 2 amide bonds. The Morgan fingerprint density at radius 1 is 1.21 bits per heavy atom. The molecule has 0 saturated heterocycles. The van der Waals surface area contributed by atoms with Gasteiger partial charge in [0, 0.05) is 49.5 Å². The molecule has 0 unspecified atom stereocenters. The van der Waals surface area contributed by atoms with E-state index in [1.54, 1.807) is 0 Å². The molecule has 1 heterocycles. The van der Waals surface area contributed by atoms with Gasteiger partial charge in [0.25, 0.3) is 5.56 Å². The first-order valence-electron chi connectivity index (χ1n) is 8.47. The number of nitrogens with zero attached hydrogens (tertiary/aromatic N) is 2. The molecule has 0 aliphatic carbocycles. The Labute approximate surface area is 170 Å². The number of carbonyl (C=O) groups excluding carboxylic acids is 2. The van der Waals surface area contributed by atoms with Crippen molar-refractivity contribution in [3.05, 3.63) is 66.9 Å². The van der Waals surface area contributed by atoms with Gasteiger partial charge in [-0.2, -0.15) is 0 Å². The number of aromatic nitrogens is 2. The molecule has 0 bridgehead atoms. The molecule has 1 aromatic heterocycles. The van der Waals surface area contributed by atoms with E-state index in [1.807, 2.05) is 25.1 Å². The highest BCUT2D eigenvalue weighted by Gasteiger charge is 2.07. The number of hydrogen-bond acceptors (Lipinski definition) is 4. The molecule has 0 saturated carbocycles. The lowest BCUT2D eigenvalue weighted by molar-refractivity contribution is -0.117. The topological polar surface area (TPSA) is 102 Å². The minimum Gasteiger partial charge on any atom is -0.352 e. The maximum Gasteiger partial charge on any atom is 0.330 e. The van der Waals surface area contributed by atoms with E-state index >= 15 is 0 Å². The zero-order valence-corrected chi connectivity index (χ0v) is 17.4. The van der Waals surface area contributed by atoms with Crippen LogP contribution in [0.1, 0.15) is 17.5 Å². The Kier molecular flexibility index (Phi) is 7.11. The van der Waals surface area contributed by atoms with E-state index in [4.69, 9.17) is 0 Å². The van der Waals surface area contributed by atoms with Crippen molar-refractivity contribution in [2.75, 3.05) is 11.9 Å². The Morgan fingerprint density at radius 2 is 1.93 bits per heavy atom. The second kappa shape index (κ2) is 9.32. The van der Waals surface area contributed by atoms with Crippen molar-refractivity contribution < 1.29 is 9.59 Å². The summed E-state index contributed by atoms with van der Waals surface area (Å²) in [7, 11) is 2.89.